The number of nitrogens with one attached hydrogen (secondary N) is 2. The van der Waals surface area contributed by atoms with E-state index in [1.807, 2.05) is 13.8 Å². The Bertz CT molecular complexity index is 523. The molecule has 5 nitrogen and oxygen atoms in total. The van der Waals surface area contributed by atoms with Gasteiger partial charge in [0, 0.05) is 0 Å². The van der Waals surface area contributed by atoms with Crippen LogP contribution in [-0.4, -0.2) is 21.0 Å². The SMILES string of the molecule is C#CC(C)(C)NCc1ccc(S(=O)(=O)NC)o1. The molecule has 0 radical (unpaired) electrons. The molecular formula is C11H16N2O3S. The first kappa shape index (κ1) is 13.8. The Morgan fingerprint density at radius 3 is 2.65 bits per heavy atom. The van der Waals surface area contributed by atoms with E-state index < -0.39 is 15.6 Å². The highest BCUT2D eigenvalue weighted by Crippen LogP contribution is 2.14. The maximum atomic E-state index is 11.4. The van der Waals surface area contributed by atoms with E-state index in [0.29, 0.717) is 12.3 Å². The molecule has 1 rings (SSSR count). The van der Waals surface area contributed by atoms with Crippen LogP contribution in [0.25, 0.3) is 0 Å². The summed E-state index contributed by atoms with van der Waals surface area (Å²) in [5.74, 6) is 3.09. The summed E-state index contributed by atoms with van der Waals surface area (Å²) < 4.78 is 30.2. The second-order valence-corrected chi connectivity index (χ2v) is 5.87. The molecule has 1 heterocycles. The highest BCUT2D eigenvalue weighted by Gasteiger charge is 2.18. The summed E-state index contributed by atoms with van der Waals surface area (Å²) in [5.41, 5.74) is -0.463. The van der Waals surface area contributed by atoms with Gasteiger partial charge in [-0.05, 0) is 33.0 Å². The Hall–Kier alpha value is -1.29. The average Bonchev–Trinajstić information content (AvgIpc) is 2.76. The Balaban J connectivity index is 2.75. The van der Waals surface area contributed by atoms with Crippen molar-refractivity contribution in [2.75, 3.05) is 7.05 Å². The van der Waals surface area contributed by atoms with Gasteiger partial charge < -0.3 is 4.42 Å². The lowest BCUT2D eigenvalue weighted by molar-refractivity contribution is 0.379. The van der Waals surface area contributed by atoms with Crippen molar-refractivity contribution in [2.24, 2.45) is 0 Å². The van der Waals surface area contributed by atoms with Gasteiger partial charge in [-0.1, -0.05) is 5.92 Å². The van der Waals surface area contributed by atoms with E-state index in [4.69, 9.17) is 10.8 Å². The smallest absolute Gasteiger partial charge is 0.273 e. The van der Waals surface area contributed by atoms with Crippen LogP contribution in [0.4, 0.5) is 0 Å². The standard InChI is InChI=1S/C11H16N2O3S/c1-5-11(2,3)13-8-9-6-7-10(16-9)17(14,15)12-4/h1,6-7,12-13H,8H2,2-4H3. The quantitative estimate of drug-likeness (QED) is 0.760. The van der Waals surface area contributed by atoms with E-state index in [1.165, 1.54) is 13.1 Å². The largest absolute Gasteiger partial charge is 0.447 e. The molecule has 0 fully saturated rings. The fourth-order valence-corrected chi connectivity index (χ4v) is 1.72. The van der Waals surface area contributed by atoms with Gasteiger partial charge in [-0.25, -0.2) is 13.1 Å². The first-order valence-corrected chi connectivity index (χ1v) is 6.54. The Kier molecular flexibility index (Phi) is 3.98. The van der Waals surface area contributed by atoms with Crippen LogP contribution in [0.15, 0.2) is 21.6 Å². The van der Waals surface area contributed by atoms with Crippen molar-refractivity contribution in [3.05, 3.63) is 17.9 Å². The predicted molar refractivity (Wildman–Crippen MR) is 64.7 cm³/mol. The molecular weight excluding hydrogens is 240 g/mol. The number of sulfonamides is 1. The number of hydrogen-bond donors (Lipinski definition) is 2. The summed E-state index contributed by atoms with van der Waals surface area (Å²) in [6, 6.07) is 3.01. The maximum absolute atomic E-state index is 11.4. The predicted octanol–water partition coefficient (Wildman–Crippen LogP) is 0.689. The lowest BCUT2D eigenvalue weighted by atomic mass is 10.1. The molecule has 6 heteroatoms. The second kappa shape index (κ2) is 4.92. The third-order valence-corrected chi connectivity index (χ3v) is 3.52. The minimum Gasteiger partial charge on any atom is -0.447 e. The van der Waals surface area contributed by atoms with E-state index in [0.717, 1.165) is 0 Å². The number of hydrogen-bond acceptors (Lipinski definition) is 4. The van der Waals surface area contributed by atoms with Gasteiger partial charge in [0.15, 0.2) is 0 Å². The monoisotopic (exact) mass is 256 g/mol. The Morgan fingerprint density at radius 2 is 2.12 bits per heavy atom. The third kappa shape index (κ3) is 3.60. The van der Waals surface area contributed by atoms with Gasteiger partial charge in [0.05, 0.1) is 12.1 Å². The maximum Gasteiger partial charge on any atom is 0.273 e. The van der Waals surface area contributed by atoms with Crippen molar-refractivity contribution in [1.29, 1.82) is 0 Å². The van der Waals surface area contributed by atoms with Crippen LogP contribution in [0, 0.1) is 12.3 Å². The summed E-state index contributed by atoms with van der Waals surface area (Å²) in [4.78, 5) is 0. The molecule has 0 aliphatic carbocycles. The van der Waals surface area contributed by atoms with Crippen LogP contribution in [-0.2, 0) is 16.6 Å². The first-order chi connectivity index (χ1) is 7.80. The number of rotatable bonds is 5. The van der Waals surface area contributed by atoms with E-state index in [9.17, 15) is 8.42 Å². The Morgan fingerprint density at radius 1 is 1.47 bits per heavy atom. The summed E-state index contributed by atoms with van der Waals surface area (Å²) in [5, 5.41) is 2.96. The molecule has 0 saturated carbocycles. The number of furan rings is 1. The van der Waals surface area contributed by atoms with Gasteiger partial charge in [0.1, 0.15) is 5.76 Å². The zero-order chi connectivity index (χ0) is 13.1. The molecule has 0 amide bonds. The van der Waals surface area contributed by atoms with Crippen LogP contribution in [0.3, 0.4) is 0 Å². The molecule has 0 unspecified atom stereocenters. The molecule has 0 atom stereocenters. The molecule has 17 heavy (non-hydrogen) atoms. The first-order valence-electron chi connectivity index (χ1n) is 5.06. The van der Waals surface area contributed by atoms with Crippen molar-refractivity contribution >= 4 is 10.0 Å². The van der Waals surface area contributed by atoms with E-state index >= 15 is 0 Å². The Labute approximate surface area is 102 Å². The summed E-state index contributed by atoms with van der Waals surface area (Å²) >= 11 is 0. The van der Waals surface area contributed by atoms with Crippen LogP contribution in [0.5, 0.6) is 0 Å². The highest BCUT2D eigenvalue weighted by molar-refractivity contribution is 7.89. The minimum absolute atomic E-state index is 0.102. The van der Waals surface area contributed by atoms with Gasteiger partial charge in [-0.2, -0.15) is 0 Å². The molecule has 0 bridgehead atoms. The molecule has 0 aliphatic heterocycles. The van der Waals surface area contributed by atoms with Crippen LogP contribution in [0.1, 0.15) is 19.6 Å². The molecule has 0 aliphatic rings. The summed E-state index contributed by atoms with van der Waals surface area (Å²) in [7, 11) is -2.19. The van der Waals surface area contributed by atoms with Crippen molar-refractivity contribution in [3.63, 3.8) is 0 Å². The molecule has 2 N–H and O–H groups in total. The normalized spacial score (nSPS) is 12.4. The summed E-state index contributed by atoms with van der Waals surface area (Å²) in [6.07, 6.45) is 5.32. The van der Waals surface area contributed by atoms with Crippen molar-refractivity contribution in [1.82, 2.24) is 10.0 Å². The zero-order valence-corrected chi connectivity index (χ0v) is 10.9. The fourth-order valence-electron chi connectivity index (χ4n) is 1.06. The van der Waals surface area contributed by atoms with Gasteiger partial charge >= 0.3 is 0 Å². The lowest BCUT2D eigenvalue weighted by Crippen LogP contribution is -2.36. The van der Waals surface area contributed by atoms with Crippen molar-refractivity contribution in [2.45, 2.75) is 31.0 Å². The van der Waals surface area contributed by atoms with Crippen LogP contribution in [0.2, 0.25) is 0 Å². The van der Waals surface area contributed by atoms with Gasteiger partial charge in [0.25, 0.3) is 10.0 Å². The summed E-state index contributed by atoms with van der Waals surface area (Å²) in [6.45, 7) is 4.07. The topological polar surface area (TPSA) is 71.3 Å². The third-order valence-electron chi connectivity index (χ3n) is 2.24. The fraction of sp³-hybridized carbons (Fsp3) is 0.455. The molecule has 0 spiro atoms. The van der Waals surface area contributed by atoms with E-state index in [2.05, 4.69) is 16.0 Å². The van der Waals surface area contributed by atoms with Gasteiger partial charge in [-0.15, -0.1) is 6.42 Å². The van der Waals surface area contributed by atoms with Crippen LogP contribution >= 0.6 is 0 Å². The molecule has 94 valence electrons. The lowest BCUT2D eigenvalue weighted by Gasteiger charge is -2.18. The van der Waals surface area contributed by atoms with Crippen molar-refractivity contribution in [3.8, 4) is 12.3 Å². The van der Waals surface area contributed by atoms with Gasteiger partial charge in [-0.3, -0.25) is 5.32 Å². The second-order valence-electron chi connectivity index (χ2n) is 4.05. The van der Waals surface area contributed by atoms with Crippen molar-refractivity contribution < 1.29 is 12.8 Å². The highest BCUT2D eigenvalue weighted by atomic mass is 32.2. The minimum atomic E-state index is -3.52. The molecule has 0 saturated heterocycles. The van der Waals surface area contributed by atoms with E-state index in [1.54, 1.807) is 6.07 Å². The molecule has 1 aromatic rings. The zero-order valence-electron chi connectivity index (χ0n) is 10.1. The molecule has 1 aromatic heterocycles. The van der Waals surface area contributed by atoms with Gasteiger partial charge in [0.2, 0.25) is 5.09 Å². The van der Waals surface area contributed by atoms with Crippen LogP contribution < -0.4 is 10.0 Å². The molecule has 0 aromatic carbocycles. The average molecular weight is 256 g/mol. The number of terminal acetylenes is 1. The van der Waals surface area contributed by atoms with E-state index in [-0.39, 0.29) is 5.09 Å².